The number of H-pyrrole nitrogens is 1. The maximum atomic E-state index is 14.7. The highest BCUT2D eigenvalue weighted by Gasteiger charge is 2.43. The number of nitrogens with two attached hydrogens (primary N) is 1. The summed E-state index contributed by atoms with van der Waals surface area (Å²) in [5.74, 6) is 7.12. The number of nitrogen functional groups attached to an aromatic ring is 1. The van der Waals surface area contributed by atoms with Crippen LogP contribution in [0.25, 0.3) is 16.6 Å². The number of fused-ring (bicyclic) bond motifs is 5. The molecule has 1 fully saturated rings. The Bertz CT molecular complexity index is 3770. The van der Waals surface area contributed by atoms with Gasteiger partial charge in [-0.25, -0.2) is 18.3 Å². The van der Waals surface area contributed by atoms with Gasteiger partial charge in [0.25, 0.3) is 11.5 Å². The molecule has 0 bridgehead atoms. The second-order valence-corrected chi connectivity index (χ2v) is 26.8. The monoisotopic (exact) mass is 1180 g/mol. The van der Waals surface area contributed by atoms with E-state index in [0.717, 1.165) is 70.4 Å². The number of nitrogens with zero attached hydrogens (tertiary/aromatic N) is 5. The Hall–Kier alpha value is -5.98. The molecule has 0 saturated carbocycles. The molecular weight excluding hydrogens is 1110 g/mol. The number of rotatable bonds is 17. The van der Waals surface area contributed by atoms with E-state index in [0.29, 0.717) is 12.0 Å². The van der Waals surface area contributed by atoms with Gasteiger partial charge < -0.3 is 54.5 Å². The van der Waals surface area contributed by atoms with Crippen LogP contribution in [0.1, 0.15) is 150 Å². The van der Waals surface area contributed by atoms with Crippen molar-refractivity contribution in [1.82, 2.24) is 29.3 Å². The first-order valence-electron chi connectivity index (χ1n) is 26.9. The highest BCUT2D eigenvalue weighted by atomic mass is 31.3. The van der Waals surface area contributed by atoms with Gasteiger partial charge in [-0.05, 0) is 108 Å². The lowest BCUT2D eigenvalue weighted by Crippen LogP contribution is -2.52. The van der Waals surface area contributed by atoms with Gasteiger partial charge in [-0.15, -0.1) is 0 Å². The van der Waals surface area contributed by atoms with Crippen LogP contribution in [-0.4, -0.2) is 108 Å². The third-order valence-electron chi connectivity index (χ3n) is 15.6. The summed E-state index contributed by atoms with van der Waals surface area (Å²) in [5.41, 5.74) is 12.4. The first-order chi connectivity index (χ1) is 38.0. The molecule has 6 heterocycles. The van der Waals surface area contributed by atoms with E-state index in [9.17, 15) is 37.9 Å². The Kier molecular flexibility index (Phi) is 16.7. The molecule has 0 aliphatic carbocycles. The number of carbonyl (C=O) groups is 2. The highest BCUT2D eigenvalue weighted by Crippen LogP contribution is 2.66. The largest absolute Gasteiger partial charge is 0.490 e. The van der Waals surface area contributed by atoms with Crippen molar-refractivity contribution in [2.75, 3.05) is 50.5 Å². The van der Waals surface area contributed by atoms with Crippen LogP contribution in [0.15, 0.2) is 59.5 Å². The zero-order valence-corrected chi connectivity index (χ0v) is 49.4. The molecule has 0 spiro atoms. The van der Waals surface area contributed by atoms with Crippen molar-refractivity contribution in [2.24, 2.45) is 0 Å². The number of hydrogen-bond donors (Lipinski definition) is 7. The molecule has 9 rings (SSSR count). The summed E-state index contributed by atoms with van der Waals surface area (Å²) < 4.78 is 64.2. The number of benzene rings is 3. The van der Waals surface area contributed by atoms with Gasteiger partial charge >= 0.3 is 23.5 Å². The normalized spacial score (nSPS) is 21.3. The summed E-state index contributed by atoms with van der Waals surface area (Å²) >= 11 is 0. The molecule has 23 nitrogen and oxygen atoms in total. The fourth-order valence-corrected chi connectivity index (χ4v) is 15.4. The topological polar surface area (TPSA) is 311 Å². The molecule has 5 aromatic rings. The van der Waals surface area contributed by atoms with Crippen LogP contribution in [-0.2, 0) is 36.4 Å². The minimum atomic E-state index is -5.72. The Balaban J connectivity index is 0.895. The Labute approximate surface area is 468 Å². The molecule has 4 aliphatic heterocycles. The molecule has 6 atom stereocenters. The molecule has 2 amide bonds. The van der Waals surface area contributed by atoms with Crippen molar-refractivity contribution in [3.63, 3.8) is 0 Å². The average molecular weight is 1180 g/mol. The van der Waals surface area contributed by atoms with Crippen LogP contribution in [0.3, 0.4) is 0 Å². The van der Waals surface area contributed by atoms with E-state index in [1.807, 2.05) is 24.3 Å². The number of nitrogens with one attached hydrogen (secondary N) is 2. The van der Waals surface area contributed by atoms with Crippen LogP contribution < -0.4 is 41.4 Å². The van der Waals surface area contributed by atoms with Crippen molar-refractivity contribution >= 4 is 63.5 Å². The first-order valence-corrected chi connectivity index (χ1v) is 31.4. The molecule has 3 aromatic carbocycles. The van der Waals surface area contributed by atoms with Crippen molar-refractivity contribution in [1.29, 1.82) is 0 Å². The summed E-state index contributed by atoms with van der Waals surface area (Å²) in [7, 11) is -15.0. The summed E-state index contributed by atoms with van der Waals surface area (Å²) in [6, 6.07) is 16.7. The van der Waals surface area contributed by atoms with Crippen molar-refractivity contribution in [3.05, 3.63) is 109 Å². The zero-order valence-electron chi connectivity index (χ0n) is 46.7. The standard InChI is InChI=1S/C55H69N8O15P3/c1-10-62-42-26-44-40(24-38(42)32(3)28-54(62,5)6)49(41-25-39-33(4)29-55(7,8)63(11-2)43(39)27-45(41)76-44)36-17-12-13-18-37(36)52(66)60(9)23-15-19-46(64)57-22-14-16-34-30-61(50-48(34)51(65)59-53(56)58-50)47-21-20-35(75-47)31-74-80(70,71)78-81(72,73)77-79(67,68)69/h12-13,17-18,24-27,30,32-33,35,47H,10-11,15,19-23,28-29,31H2,1-9H3,(H7-,56,57,58,59,64,65,67,68,69,70,71,72,73)/p+1/t32?,33?,35-,47+/m0/s1. The van der Waals surface area contributed by atoms with Gasteiger partial charge in [0, 0.05) is 84.0 Å². The first kappa shape index (κ1) is 59.6. The van der Waals surface area contributed by atoms with E-state index >= 15 is 0 Å². The molecule has 434 valence electrons. The van der Waals surface area contributed by atoms with Crippen LogP contribution in [0.2, 0.25) is 0 Å². The van der Waals surface area contributed by atoms with Crippen molar-refractivity contribution in [3.8, 4) is 23.3 Å². The predicted molar refractivity (Wildman–Crippen MR) is 303 cm³/mol. The fourth-order valence-electron chi connectivity index (χ4n) is 12.4. The number of amides is 2. The average Bonchev–Trinajstić information content (AvgIpc) is 4.05. The van der Waals surface area contributed by atoms with Gasteiger partial charge in [0.2, 0.25) is 17.2 Å². The second kappa shape index (κ2) is 22.6. The number of anilines is 2. The summed E-state index contributed by atoms with van der Waals surface area (Å²) in [6.07, 6.45) is 2.63. The zero-order chi connectivity index (χ0) is 58.7. The lowest BCUT2D eigenvalue weighted by Gasteiger charge is -2.47. The minimum Gasteiger partial charge on any atom is -0.456 e. The second-order valence-electron chi connectivity index (χ2n) is 22.3. The molecule has 2 aromatic heterocycles. The number of ether oxygens (including phenoxy) is 2. The molecule has 1 saturated heterocycles. The Morgan fingerprint density at radius 3 is 2.41 bits per heavy atom. The lowest BCUT2D eigenvalue weighted by molar-refractivity contribution is -0.121. The van der Waals surface area contributed by atoms with E-state index in [-0.39, 0.29) is 89.6 Å². The van der Waals surface area contributed by atoms with E-state index < -0.39 is 48.0 Å². The number of aromatic amines is 1. The quantitative estimate of drug-likeness (QED) is 0.0287. The van der Waals surface area contributed by atoms with Crippen molar-refractivity contribution in [2.45, 2.75) is 129 Å². The van der Waals surface area contributed by atoms with Gasteiger partial charge in [0.1, 0.15) is 24.3 Å². The summed E-state index contributed by atoms with van der Waals surface area (Å²) in [5, 5.41) is 4.96. The third-order valence-corrected chi connectivity index (χ3v) is 19.4. The van der Waals surface area contributed by atoms with Crippen LogP contribution in [0.5, 0.6) is 11.5 Å². The predicted octanol–water partition coefficient (Wildman–Crippen LogP) is 6.61. The van der Waals surface area contributed by atoms with Gasteiger partial charge in [-0.1, -0.05) is 43.9 Å². The minimum absolute atomic E-state index is 0.0575. The van der Waals surface area contributed by atoms with E-state index in [1.165, 1.54) is 21.9 Å². The van der Waals surface area contributed by atoms with E-state index in [1.54, 1.807) is 11.9 Å². The number of aromatic nitrogens is 3. The van der Waals surface area contributed by atoms with Gasteiger partial charge in [0.15, 0.2) is 11.2 Å². The van der Waals surface area contributed by atoms with Gasteiger partial charge in [0.05, 0.1) is 36.3 Å². The van der Waals surface area contributed by atoms with Gasteiger partial charge in [-0.2, -0.15) is 13.6 Å². The molecule has 0 radical (unpaired) electrons. The fraction of sp³-hybridized carbons (Fsp3) is 0.473. The molecular formula is C55H70N8O15P3+. The maximum Gasteiger partial charge on any atom is 0.490 e. The third kappa shape index (κ3) is 12.5. The number of phosphoric ester groups is 1. The molecule has 81 heavy (non-hydrogen) atoms. The summed E-state index contributed by atoms with van der Waals surface area (Å²) in [4.78, 5) is 88.9. The van der Waals surface area contributed by atoms with Gasteiger partial charge in [-0.3, -0.25) is 23.9 Å². The summed E-state index contributed by atoms with van der Waals surface area (Å²) in [6.45, 7) is 19.3. The van der Waals surface area contributed by atoms with Crippen LogP contribution in [0.4, 0.5) is 11.6 Å². The SMILES string of the molecule is CCN1c2cc3c(cc2C(C)CC1(C)C)C(c1ccccc1C(=O)N(C)CCCC(=O)NCC#Cc1cn([C@H]2CC[C@@H](COP(=O)(O)OP(=O)(O)OP(=O)(O)O)O2)c2nc(N)[nH]c(=O)c12)=c1cc2c(cc1O3)=[N+](CC)C(C)(C)CC2C. The Morgan fingerprint density at radius 1 is 0.963 bits per heavy atom. The lowest BCUT2D eigenvalue weighted by atomic mass is 9.77. The molecule has 4 unspecified atom stereocenters. The number of phosphoric acid groups is 3. The van der Waals surface area contributed by atoms with Crippen LogP contribution >= 0.6 is 23.5 Å². The molecule has 4 aliphatic rings. The van der Waals surface area contributed by atoms with E-state index in [2.05, 4.69) is 125 Å². The number of carbonyl (C=O) groups excluding carboxylic acids is 2. The Morgan fingerprint density at radius 2 is 1.69 bits per heavy atom. The smallest absolute Gasteiger partial charge is 0.456 e. The number of hydrogen-bond acceptors (Lipinski definition) is 14. The van der Waals surface area contributed by atoms with Crippen LogP contribution in [0, 0.1) is 11.8 Å². The highest BCUT2D eigenvalue weighted by molar-refractivity contribution is 7.66. The maximum absolute atomic E-state index is 14.7. The van der Waals surface area contributed by atoms with Crippen molar-refractivity contribution < 1.29 is 65.5 Å². The van der Waals surface area contributed by atoms with E-state index in [4.69, 9.17) is 29.5 Å². The molecule has 26 heteroatoms. The molecule has 8 N–H and O–H groups in total.